The second kappa shape index (κ2) is 5.71. The summed E-state index contributed by atoms with van der Waals surface area (Å²) in [5.74, 6) is 0.854. The predicted molar refractivity (Wildman–Crippen MR) is 65.7 cm³/mol. The molecule has 16 heavy (non-hydrogen) atoms. The molecular weight excluding hydrogens is 226 g/mol. The highest BCUT2D eigenvalue weighted by molar-refractivity contribution is 6.28. The molecule has 0 saturated carbocycles. The highest BCUT2D eigenvalue weighted by Gasteiger charge is 2.19. The second-order valence-electron chi connectivity index (χ2n) is 4.66. The van der Waals surface area contributed by atoms with Crippen molar-refractivity contribution in [1.82, 2.24) is 5.32 Å². The number of ether oxygens (including phenoxy) is 1. The van der Waals surface area contributed by atoms with Crippen molar-refractivity contribution in [3.05, 3.63) is 23.1 Å². The lowest BCUT2D eigenvalue weighted by molar-refractivity contribution is 0.00831. The van der Waals surface area contributed by atoms with Crippen LogP contribution in [0.15, 0.2) is 16.5 Å². The van der Waals surface area contributed by atoms with Crippen molar-refractivity contribution in [1.29, 1.82) is 0 Å². The molecule has 0 radical (unpaired) electrons. The van der Waals surface area contributed by atoms with E-state index in [1.807, 2.05) is 6.07 Å². The van der Waals surface area contributed by atoms with Crippen molar-refractivity contribution >= 4 is 11.6 Å². The zero-order valence-electron chi connectivity index (χ0n) is 10.3. The number of rotatable bonds is 6. The van der Waals surface area contributed by atoms with Gasteiger partial charge in [-0.25, -0.2) is 0 Å². The Morgan fingerprint density at radius 3 is 2.69 bits per heavy atom. The van der Waals surface area contributed by atoms with Gasteiger partial charge in [-0.05, 0) is 50.9 Å². The molecule has 0 amide bonds. The quantitative estimate of drug-likeness (QED) is 0.836. The largest absolute Gasteiger partial charge is 0.448 e. The van der Waals surface area contributed by atoms with Crippen molar-refractivity contribution in [3.8, 4) is 0 Å². The third-order valence-corrected chi connectivity index (χ3v) is 2.81. The maximum Gasteiger partial charge on any atom is 0.193 e. The summed E-state index contributed by atoms with van der Waals surface area (Å²) in [4.78, 5) is 0. The van der Waals surface area contributed by atoms with Gasteiger partial charge < -0.3 is 14.5 Å². The maximum absolute atomic E-state index is 5.69. The van der Waals surface area contributed by atoms with Gasteiger partial charge in [0.1, 0.15) is 5.76 Å². The minimum atomic E-state index is -0.104. The van der Waals surface area contributed by atoms with Gasteiger partial charge in [0.15, 0.2) is 5.22 Å². The van der Waals surface area contributed by atoms with Crippen molar-refractivity contribution in [2.24, 2.45) is 0 Å². The average Bonchev–Trinajstić information content (AvgIpc) is 2.61. The SMILES string of the molecule is COC(C)(C)CC(C)NCc1ccc(Cl)o1. The monoisotopic (exact) mass is 245 g/mol. The molecule has 0 fully saturated rings. The average molecular weight is 246 g/mol. The van der Waals surface area contributed by atoms with Crippen LogP contribution >= 0.6 is 11.6 Å². The standard InChI is InChI=1S/C12H20ClNO2/c1-9(7-12(2,3)15-4)14-8-10-5-6-11(13)16-10/h5-6,9,14H,7-8H2,1-4H3. The van der Waals surface area contributed by atoms with E-state index < -0.39 is 0 Å². The Kier molecular flexibility index (Phi) is 4.84. The van der Waals surface area contributed by atoms with Gasteiger partial charge in [-0.15, -0.1) is 0 Å². The van der Waals surface area contributed by atoms with Crippen LogP contribution in [0.25, 0.3) is 0 Å². The lowest BCUT2D eigenvalue weighted by atomic mass is 10.00. The molecule has 4 heteroatoms. The van der Waals surface area contributed by atoms with Crippen LogP contribution in [0.1, 0.15) is 33.0 Å². The molecule has 0 aromatic carbocycles. The molecule has 3 nitrogen and oxygen atoms in total. The van der Waals surface area contributed by atoms with Gasteiger partial charge >= 0.3 is 0 Å². The summed E-state index contributed by atoms with van der Waals surface area (Å²) in [6.45, 7) is 6.98. The van der Waals surface area contributed by atoms with E-state index in [2.05, 4.69) is 26.1 Å². The topological polar surface area (TPSA) is 34.4 Å². The molecule has 0 bridgehead atoms. The minimum absolute atomic E-state index is 0.104. The van der Waals surface area contributed by atoms with Crippen molar-refractivity contribution in [2.45, 2.75) is 45.4 Å². The summed E-state index contributed by atoms with van der Waals surface area (Å²) >= 11 is 5.69. The Balaban J connectivity index is 2.33. The highest BCUT2D eigenvalue weighted by Crippen LogP contribution is 2.16. The van der Waals surface area contributed by atoms with Gasteiger partial charge in [0.25, 0.3) is 0 Å². The molecule has 0 aliphatic heterocycles. The van der Waals surface area contributed by atoms with Gasteiger partial charge in [0, 0.05) is 13.2 Å². The molecule has 0 spiro atoms. The summed E-state index contributed by atoms with van der Waals surface area (Å²) in [6, 6.07) is 3.99. The van der Waals surface area contributed by atoms with E-state index in [-0.39, 0.29) is 5.60 Å². The lowest BCUT2D eigenvalue weighted by Gasteiger charge is -2.26. The Morgan fingerprint density at radius 1 is 1.50 bits per heavy atom. The normalized spacial score (nSPS) is 14.1. The third kappa shape index (κ3) is 4.56. The van der Waals surface area contributed by atoms with Crippen LogP contribution in [-0.2, 0) is 11.3 Å². The Labute approximate surface area is 102 Å². The summed E-state index contributed by atoms with van der Waals surface area (Å²) in [7, 11) is 1.74. The second-order valence-corrected chi connectivity index (χ2v) is 5.03. The molecule has 0 aliphatic rings. The number of hydrogen-bond donors (Lipinski definition) is 1. The molecule has 1 heterocycles. The van der Waals surface area contributed by atoms with Crippen LogP contribution in [0.4, 0.5) is 0 Å². The zero-order valence-corrected chi connectivity index (χ0v) is 11.1. The third-order valence-electron chi connectivity index (χ3n) is 2.60. The summed E-state index contributed by atoms with van der Waals surface area (Å²) in [6.07, 6.45) is 0.942. The van der Waals surface area contributed by atoms with Gasteiger partial charge in [0.05, 0.1) is 12.1 Å². The maximum atomic E-state index is 5.69. The van der Waals surface area contributed by atoms with E-state index in [9.17, 15) is 0 Å². The van der Waals surface area contributed by atoms with Crippen LogP contribution in [0.3, 0.4) is 0 Å². The van der Waals surface area contributed by atoms with Crippen molar-refractivity contribution in [2.75, 3.05) is 7.11 Å². The Bertz CT molecular complexity index is 323. The summed E-state index contributed by atoms with van der Waals surface area (Å²) < 4.78 is 10.6. The van der Waals surface area contributed by atoms with E-state index in [4.69, 9.17) is 20.8 Å². The van der Waals surface area contributed by atoms with Crippen LogP contribution in [0.2, 0.25) is 5.22 Å². The van der Waals surface area contributed by atoms with E-state index >= 15 is 0 Å². The van der Waals surface area contributed by atoms with Gasteiger partial charge in [-0.3, -0.25) is 0 Å². The summed E-state index contributed by atoms with van der Waals surface area (Å²) in [5, 5.41) is 3.80. The lowest BCUT2D eigenvalue weighted by Crippen LogP contribution is -2.35. The first-order valence-electron chi connectivity index (χ1n) is 5.46. The first kappa shape index (κ1) is 13.6. The molecule has 1 rings (SSSR count). The zero-order chi connectivity index (χ0) is 12.2. The first-order valence-corrected chi connectivity index (χ1v) is 5.83. The van der Waals surface area contributed by atoms with E-state index in [0.29, 0.717) is 17.8 Å². The number of hydrogen-bond acceptors (Lipinski definition) is 3. The minimum Gasteiger partial charge on any atom is -0.448 e. The number of furan rings is 1. The number of methoxy groups -OCH3 is 1. The molecule has 1 N–H and O–H groups in total. The molecule has 1 atom stereocenters. The van der Waals surface area contributed by atoms with Gasteiger partial charge in [0.2, 0.25) is 0 Å². The number of nitrogens with one attached hydrogen (secondary N) is 1. The van der Waals surface area contributed by atoms with Crippen molar-refractivity contribution in [3.63, 3.8) is 0 Å². The fourth-order valence-corrected chi connectivity index (χ4v) is 1.78. The predicted octanol–water partition coefficient (Wildman–Crippen LogP) is 3.23. The Morgan fingerprint density at radius 2 is 2.19 bits per heavy atom. The van der Waals surface area contributed by atoms with E-state index in [0.717, 1.165) is 12.2 Å². The Hall–Kier alpha value is -0.510. The van der Waals surface area contributed by atoms with Gasteiger partial charge in [-0.1, -0.05) is 0 Å². The molecule has 1 aromatic rings. The molecule has 1 aromatic heterocycles. The molecule has 1 unspecified atom stereocenters. The fraction of sp³-hybridized carbons (Fsp3) is 0.667. The van der Waals surface area contributed by atoms with Crippen LogP contribution in [0, 0.1) is 0 Å². The van der Waals surface area contributed by atoms with E-state index in [1.165, 1.54) is 0 Å². The van der Waals surface area contributed by atoms with Crippen LogP contribution in [0.5, 0.6) is 0 Å². The molecule has 92 valence electrons. The molecular formula is C12H20ClNO2. The van der Waals surface area contributed by atoms with Crippen molar-refractivity contribution < 1.29 is 9.15 Å². The smallest absolute Gasteiger partial charge is 0.193 e. The fourth-order valence-electron chi connectivity index (χ4n) is 1.61. The number of halogens is 1. The molecule has 0 aliphatic carbocycles. The van der Waals surface area contributed by atoms with Gasteiger partial charge in [-0.2, -0.15) is 0 Å². The van der Waals surface area contributed by atoms with Crippen LogP contribution in [-0.4, -0.2) is 18.8 Å². The van der Waals surface area contributed by atoms with Crippen LogP contribution < -0.4 is 5.32 Å². The van der Waals surface area contributed by atoms with E-state index in [1.54, 1.807) is 13.2 Å². The summed E-state index contributed by atoms with van der Waals surface area (Å²) in [5.41, 5.74) is -0.104. The first-order chi connectivity index (χ1) is 7.43. The highest BCUT2D eigenvalue weighted by atomic mass is 35.5. The molecule has 0 saturated heterocycles.